The predicted octanol–water partition coefficient (Wildman–Crippen LogP) is 3.87. The molecule has 5 aromatic rings. The van der Waals surface area contributed by atoms with Gasteiger partial charge in [-0.05, 0) is 42.0 Å². The Morgan fingerprint density at radius 2 is 1.72 bits per heavy atom. The summed E-state index contributed by atoms with van der Waals surface area (Å²) in [6.07, 6.45) is 0.367. The fraction of sp³-hybridized carbons (Fsp3) is 0.192. The molecule has 2 heterocycles. The summed E-state index contributed by atoms with van der Waals surface area (Å²) in [4.78, 5) is 12.4. The molecule has 1 N–H and O–H groups in total. The topological polar surface area (TPSA) is 99.8 Å². The minimum atomic E-state index is -0.0154. The summed E-state index contributed by atoms with van der Waals surface area (Å²) in [7, 11) is 1.63. The van der Waals surface area contributed by atoms with Crippen LogP contribution in [0.25, 0.3) is 16.7 Å². The molecule has 0 aliphatic rings. The summed E-state index contributed by atoms with van der Waals surface area (Å²) in [5.41, 5.74) is 3.74. The number of amides is 1. The van der Waals surface area contributed by atoms with E-state index >= 15 is 0 Å². The smallest absolute Gasteiger partial charge is 0.221 e. The Bertz CT molecular complexity index is 1450. The van der Waals surface area contributed by atoms with Crippen molar-refractivity contribution in [3.05, 3.63) is 90.3 Å². The number of hydrogen-bond acceptors (Lipinski definition) is 7. The first kappa shape index (κ1) is 23.6. The maximum Gasteiger partial charge on any atom is 0.221 e. The van der Waals surface area contributed by atoms with Crippen molar-refractivity contribution in [2.45, 2.75) is 24.7 Å². The molecule has 5 rings (SSSR count). The molecule has 0 atom stereocenters. The van der Waals surface area contributed by atoms with E-state index in [2.05, 4.69) is 25.8 Å². The third-order valence-corrected chi connectivity index (χ3v) is 6.57. The van der Waals surface area contributed by atoms with Gasteiger partial charge in [0.05, 0.1) is 12.6 Å². The lowest BCUT2D eigenvalue weighted by Crippen LogP contribution is -2.23. The quantitative estimate of drug-likeness (QED) is 0.291. The molecule has 36 heavy (non-hydrogen) atoms. The standard InChI is InChI=1S/C26H25N7O2S/c1-35-21-13-11-19(12-14-21)17-27-25(34)15-16-36-26-30-29-24(33(26)20-7-3-2-4-8-20)18-32-23-10-6-5-9-22(23)28-31-32/h2-14H,15-18H2,1H3,(H,27,34). The van der Waals surface area contributed by atoms with Crippen LogP contribution in [-0.2, 0) is 17.9 Å². The van der Waals surface area contributed by atoms with Crippen molar-refractivity contribution in [2.24, 2.45) is 0 Å². The normalized spacial score (nSPS) is 11.0. The first-order valence-corrected chi connectivity index (χ1v) is 12.5. The zero-order valence-corrected chi connectivity index (χ0v) is 20.6. The molecule has 0 aliphatic carbocycles. The van der Waals surface area contributed by atoms with Gasteiger partial charge in [-0.15, -0.1) is 15.3 Å². The Hall–Kier alpha value is -4.18. The molecule has 0 saturated heterocycles. The predicted molar refractivity (Wildman–Crippen MR) is 138 cm³/mol. The summed E-state index contributed by atoms with van der Waals surface area (Å²) in [5.74, 6) is 2.09. The van der Waals surface area contributed by atoms with Crippen LogP contribution in [0.4, 0.5) is 0 Å². The molecule has 182 valence electrons. The molecule has 0 bridgehead atoms. The van der Waals surface area contributed by atoms with Gasteiger partial charge in [0.25, 0.3) is 0 Å². The van der Waals surface area contributed by atoms with E-state index in [1.54, 1.807) is 7.11 Å². The molecule has 0 aliphatic heterocycles. The van der Waals surface area contributed by atoms with Gasteiger partial charge in [-0.3, -0.25) is 9.36 Å². The average Bonchev–Trinajstić information content (AvgIpc) is 3.52. The Morgan fingerprint density at radius 3 is 2.53 bits per heavy atom. The molecule has 0 saturated carbocycles. The zero-order valence-electron chi connectivity index (χ0n) is 19.7. The highest BCUT2D eigenvalue weighted by atomic mass is 32.2. The van der Waals surface area contributed by atoms with Crippen molar-refractivity contribution < 1.29 is 9.53 Å². The fourth-order valence-corrected chi connectivity index (χ4v) is 4.68. The summed E-state index contributed by atoms with van der Waals surface area (Å²) in [6, 6.07) is 25.4. The summed E-state index contributed by atoms with van der Waals surface area (Å²) < 4.78 is 9.00. The average molecular weight is 500 g/mol. The lowest BCUT2D eigenvalue weighted by Gasteiger charge is -2.10. The molecular weight excluding hydrogens is 474 g/mol. The van der Waals surface area contributed by atoms with Crippen LogP contribution in [0.15, 0.2) is 84.0 Å². The molecule has 10 heteroatoms. The Morgan fingerprint density at radius 1 is 0.944 bits per heavy atom. The second-order valence-corrected chi connectivity index (χ2v) is 9.09. The number of methoxy groups -OCH3 is 1. The number of rotatable bonds is 10. The van der Waals surface area contributed by atoms with Gasteiger partial charge in [-0.25, -0.2) is 4.68 Å². The molecule has 1 amide bonds. The number of aromatic nitrogens is 6. The molecule has 0 spiro atoms. The molecule has 0 radical (unpaired) electrons. The van der Waals surface area contributed by atoms with Gasteiger partial charge in [-0.2, -0.15) is 0 Å². The van der Waals surface area contributed by atoms with Gasteiger partial charge in [0, 0.05) is 24.4 Å². The van der Waals surface area contributed by atoms with Gasteiger partial charge in [0.15, 0.2) is 11.0 Å². The van der Waals surface area contributed by atoms with Gasteiger partial charge < -0.3 is 10.1 Å². The number of para-hydroxylation sites is 2. The monoisotopic (exact) mass is 499 g/mol. The summed E-state index contributed by atoms with van der Waals surface area (Å²) in [5, 5.41) is 21.1. The summed E-state index contributed by atoms with van der Waals surface area (Å²) in [6.45, 7) is 0.898. The Labute approximate surface area is 212 Å². The van der Waals surface area contributed by atoms with Crippen LogP contribution in [0.1, 0.15) is 17.8 Å². The van der Waals surface area contributed by atoms with E-state index in [0.717, 1.165) is 39.0 Å². The molecule has 3 aromatic carbocycles. The number of nitrogens with one attached hydrogen (secondary N) is 1. The number of benzene rings is 3. The number of fused-ring (bicyclic) bond motifs is 1. The SMILES string of the molecule is COc1ccc(CNC(=O)CCSc2nnc(Cn3nnc4ccccc43)n2-c2ccccc2)cc1. The van der Waals surface area contributed by atoms with Crippen LogP contribution in [-0.4, -0.2) is 48.5 Å². The molecule has 2 aromatic heterocycles. The zero-order chi connectivity index (χ0) is 24.7. The van der Waals surface area contributed by atoms with Crippen molar-refractivity contribution in [2.75, 3.05) is 12.9 Å². The van der Waals surface area contributed by atoms with Crippen LogP contribution in [0.5, 0.6) is 5.75 Å². The second kappa shape index (κ2) is 11.0. The van der Waals surface area contributed by atoms with E-state index in [1.807, 2.05) is 88.1 Å². The lowest BCUT2D eigenvalue weighted by atomic mass is 10.2. The van der Waals surface area contributed by atoms with Crippen LogP contribution in [0.3, 0.4) is 0 Å². The largest absolute Gasteiger partial charge is 0.497 e. The molecule has 9 nitrogen and oxygen atoms in total. The first-order valence-electron chi connectivity index (χ1n) is 11.5. The van der Waals surface area contributed by atoms with Crippen molar-refractivity contribution >= 4 is 28.7 Å². The fourth-order valence-electron chi connectivity index (χ4n) is 3.77. The van der Waals surface area contributed by atoms with Crippen LogP contribution < -0.4 is 10.1 Å². The minimum Gasteiger partial charge on any atom is -0.497 e. The van der Waals surface area contributed by atoms with E-state index in [4.69, 9.17) is 4.74 Å². The first-order chi connectivity index (χ1) is 17.7. The Kier molecular flexibility index (Phi) is 7.23. The third-order valence-electron chi connectivity index (χ3n) is 5.64. The van der Waals surface area contributed by atoms with Crippen molar-refractivity contribution in [1.82, 2.24) is 35.1 Å². The van der Waals surface area contributed by atoms with Gasteiger partial charge in [-0.1, -0.05) is 59.4 Å². The van der Waals surface area contributed by atoms with E-state index in [1.165, 1.54) is 11.8 Å². The lowest BCUT2D eigenvalue weighted by molar-refractivity contribution is -0.120. The molecule has 0 fully saturated rings. The highest BCUT2D eigenvalue weighted by Crippen LogP contribution is 2.24. The van der Waals surface area contributed by atoms with Crippen molar-refractivity contribution in [3.8, 4) is 11.4 Å². The minimum absolute atomic E-state index is 0.0154. The van der Waals surface area contributed by atoms with E-state index < -0.39 is 0 Å². The van der Waals surface area contributed by atoms with Crippen molar-refractivity contribution in [1.29, 1.82) is 0 Å². The number of ether oxygens (including phenoxy) is 1. The molecular formula is C26H25N7O2S. The van der Waals surface area contributed by atoms with Gasteiger partial charge >= 0.3 is 0 Å². The third kappa shape index (κ3) is 5.38. The Balaban J connectivity index is 1.25. The summed E-state index contributed by atoms with van der Waals surface area (Å²) >= 11 is 1.50. The van der Waals surface area contributed by atoms with Gasteiger partial charge in [0.2, 0.25) is 5.91 Å². The van der Waals surface area contributed by atoms with E-state index in [0.29, 0.717) is 25.3 Å². The highest BCUT2D eigenvalue weighted by Gasteiger charge is 2.17. The molecule has 0 unspecified atom stereocenters. The highest BCUT2D eigenvalue weighted by molar-refractivity contribution is 7.99. The number of hydrogen-bond donors (Lipinski definition) is 1. The number of carbonyl (C=O) groups is 1. The number of thioether (sulfide) groups is 1. The van der Waals surface area contributed by atoms with Crippen LogP contribution >= 0.6 is 11.8 Å². The van der Waals surface area contributed by atoms with Crippen molar-refractivity contribution in [3.63, 3.8) is 0 Å². The maximum absolute atomic E-state index is 12.4. The van der Waals surface area contributed by atoms with Crippen LogP contribution in [0, 0.1) is 0 Å². The second-order valence-electron chi connectivity index (χ2n) is 8.03. The number of nitrogens with zero attached hydrogens (tertiary/aromatic N) is 6. The van der Waals surface area contributed by atoms with Crippen LogP contribution in [0.2, 0.25) is 0 Å². The van der Waals surface area contributed by atoms with E-state index in [-0.39, 0.29) is 5.91 Å². The van der Waals surface area contributed by atoms with Gasteiger partial charge in [0.1, 0.15) is 17.8 Å². The number of carbonyl (C=O) groups excluding carboxylic acids is 1. The maximum atomic E-state index is 12.4. The van der Waals surface area contributed by atoms with E-state index in [9.17, 15) is 4.79 Å².